The Balaban J connectivity index is 2.57. The summed E-state index contributed by atoms with van der Waals surface area (Å²) in [4.78, 5) is 23.1. The Bertz CT molecular complexity index is 466. The lowest BCUT2D eigenvalue weighted by Crippen LogP contribution is -2.49. The molecule has 1 atom stereocenters. The van der Waals surface area contributed by atoms with E-state index in [1.165, 1.54) is 4.31 Å². The van der Waals surface area contributed by atoms with Crippen molar-refractivity contribution in [3.8, 4) is 0 Å². The second-order valence-electron chi connectivity index (χ2n) is 5.50. The molecule has 0 radical (unpaired) electrons. The highest BCUT2D eigenvalue weighted by atomic mass is 32.2. The smallest absolute Gasteiger partial charge is 0.326 e. The third kappa shape index (κ3) is 4.45. The molecular formula is C12H22N2O5S. The zero-order valence-corrected chi connectivity index (χ0v) is 12.8. The average molecular weight is 306 g/mol. The van der Waals surface area contributed by atoms with E-state index in [1.54, 1.807) is 13.8 Å². The van der Waals surface area contributed by atoms with Crippen LogP contribution < -0.4 is 5.32 Å². The monoisotopic (exact) mass is 306 g/mol. The van der Waals surface area contributed by atoms with Crippen LogP contribution in [0.1, 0.15) is 26.7 Å². The highest BCUT2D eigenvalue weighted by Gasteiger charge is 2.31. The number of hydrogen-bond acceptors (Lipinski definition) is 4. The molecule has 20 heavy (non-hydrogen) atoms. The van der Waals surface area contributed by atoms with Crippen molar-refractivity contribution in [2.45, 2.75) is 32.7 Å². The zero-order chi connectivity index (χ0) is 15.5. The van der Waals surface area contributed by atoms with Crippen LogP contribution >= 0.6 is 0 Å². The summed E-state index contributed by atoms with van der Waals surface area (Å²) in [7, 11) is -3.22. The van der Waals surface area contributed by atoms with E-state index in [4.69, 9.17) is 5.11 Å². The number of carboxylic acid groups (broad SMARTS) is 1. The van der Waals surface area contributed by atoms with Crippen molar-refractivity contribution in [2.24, 2.45) is 11.8 Å². The fraction of sp³-hybridized carbons (Fsp3) is 0.833. The number of carbonyl (C=O) groups is 2. The Morgan fingerprint density at radius 3 is 2.10 bits per heavy atom. The Kier molecular flexibility index (Phi) is 5.52. The lowest BCUT2D eigenvalue weighted by atomic mass is 9.95. The first-order valence-electron chi connectivity index (χ1n) is 6.61. The number of nitrogens with one attached hydrogen (secondary N) is 1. The van der Waals surface area contributed by atoms with Gasteiger partial charge in [-0.15, -0.1) is 0 Å². The molecule has 1 fully saturated rings. The van der Waals surface area contributed by atoms with Crippen molar-refractivity contribution in [1.82, 2.24) is 9.62 Å². The molecule has 7 nitrogen and oxygen atoms in total. The molecule has 116 valence electrons. The largest absolute Gasteiger partial charge is 0.480 e. The number of sulfonamides is 1. The van der Waals surface area contributed by atoms with E-state index in [0.29, 0.717) is 25.9 Å². The number of carboxylic acids is 1. The van der Waals surface area contributed by atoms with Gasteiger partial charge >= 0.3 is 5.97 Å². The van der Waals surface area contributed by atoms with E-state index in [-0.39, 0.29) is 17.7 Å². The highest BCUT2D eigenvalue weighted by molar-refractivity contribution is 7.88. The topological polar surface area (TPSA) is 104 Å². The van der Waals surface area contributed by atoms with E-state index >= 15 is 0 Å². The summed E-state index contributed by atoms with van der Waals surface area (Å²) in [5.41, 5.74) is 0. The molecule has 8 heteroatoms. The summed E-state index contributed by atoms with van der Waals surface area (Å²) in [6, 6.07) is -0.907. The Morgan fingerprint density at radius 2 is 1.75 bits per heavy atom. The van der Waals surface area contributed by atoms with E-state index in [9.17, 15) is 18.0 Å². The molecule has 1 saturated heterocycles. The summed E-state index contributed by atoms with van der Waals surface area (Å²) < 4.78 is 24.1. The summed E-state index contributed by atoms with van der Waals surface area (Å²) in [6.45, 7) is 4.06. The van der Waals surface area contributed by atoms with Crippen LogP contribution in [0.2, 0.25) is 0 Å². The van der Waals surface area contributed by atoms with Gasteiger partial charge < -0.3 is 10.4 Å². The van der Waals surface area contributed by atoms with Crippen molar-refractivity contribution in [1.29, 1.82) is 0 Å². The number of carbonyl (C=O) groups excluding carboxylic acids is 1. The van der Waals surface area contributed by atoms with Gasteiger partial charge in [-0.2, -0.15) is 0 Å². The molecule has 0 unspecified atom stereocenters. The van der Waals surface area contributed by atoms with Crippen LogP contribution in [0, 0.1) is 11.8 Å². The fourth-order valence-electron chi connectivity index (χ4n) is 2.23. The Morgan fingerprint density at radius 1 is 1.25 bits per heavy atom. The number of aliphatic carboxylic acids is 1. The minimum Gasteiger partial charge on any atom is -0.480 e. The maximum absolute atomic E-state index is 12.0. The second kappa shape index (κ2) is 6.53. The van der Waals surface area contributed by atoms with Gasteiger partial charge in [0.15, 0.2) is 0 Å². The van der Waals surface area contributed by atoms with Crippen molar-refractivity contribution in [2.75, 3.05) is 19.3 Å². The number of nitrogens with zero attached hydrogens (tertiary/aromatic N) is 1. The molecule has 0 aliphatic carbocycles. The number of rotatable bonds is 5. The SMILES string of the molecule is CC(C)[C@@H](NC(=O)C1CCN(S(C)(=O)=O)CC1)C(=O)O. The van der Waals surface area contributed by atoms with Gasteiger partial charge in [0.2, 0.25) is 15.9 Å². The van der Waals surface area contributed by atoms with Gasteiger partial charge in [0, 0.05) is 19.0 Å². The highest BCUT2D eigenvalue weighted by Crippen LogP contribution is 2.19. The van der Waals surface area contributed by atoms with Crippen LogP contribution in [0.3, 0.4) is 0 Å². The Hall–Kier alpha value is -1.15. The minimum absolute atomic E-state index is 0.201. The van der Waals surface area contributed by atoms with Gasteiger partial charge in [-0.3, -0.25) is 4.79 Å². The molecule has 2 N–H and O–H groups in total. The molecule has 1 aliphatic heterocycles. The van der Waals surface area contributed by atoms with Gasteiger partial charge in [-0.05, 0) is 18.8 Å². The standard InChI is InChI=1S/C12H22N2O5S/c1-8(2)10(12(16)17)13-11(15)9-4-6-14(7-5-9)20(3,18)19/h8-10H,4-7H2,1-3H3,(H,13,15)(H,16,17)/t10-/m1/s1. The first kappa shape index (κ1) is 16.9. The van der Waals surface area contributed by atoms with Crippen LogP contribution in [0.25, 0.3) is 0 Å². The van der Waals surface area contributed by atoms with Crippen LogP contribution in [-0.4, -0.2) is 55.1 Å². The van der Waals surface area contributed by atoms with Crippen molar-refractivity contribution in [3.05, 3.63) is 0 Å². The molecule has 1 aliphatic rings. The van der Waals surface area contributed by atoms with E-state index < -0.39 is 22.0 Å². The number of amides is 1. The van der Waals surface area contributed by atoms with Crippen LogP contribution in [0.15, 0.2) is 0 Å². The zero-order valence-electron chi connectivity index (χ0n) is 12.0. The molecule has 1 heterocycles. The van der Waals surface area contributed by atoms with Gasteiger partial charge in [0.05, 0.1) is 6.26 Å². The predicted molar refractivity (Wildman–Crippen MR) is 73.5 cm³/mol. The molecule has 1 amide bonds. The van der Waals surface area contributed by atoms with Gasteiger partial charge in [-0.25, -0.2) is 17.5 Å². The molecule has 0 aromatic heterocycles. The maximum atomic E-state index is 12.0. The van der Waals surface area contributed by atoms with Crippen LogP contribution in [-0.2, 0) is 19.6 Å². The van der Waals surface area contributed by atoms with Crippen molar-refractivity contribution >= 4 is 21.9 Å². The molecule has 0 aromatic rings. The normalized spacial score (nSPS) is 19.8. The minimum atomic E-state index is -3.22. The summed E-state index contributed by atoms with van der Waals surface area (Å²) >= 11 is 0. The van der Waals surface area contributed by atoms with Crippen molar-refractivity contribution < 1.29 is 23.1 Å². The lowest BCUT2D eigenvalue weighted by molar-refractivity contribution is -0.144. The van der Waals surface area contributed by atoms with Gasteiger partial charge in [-0.1, -0.05) is 13.8 Å². The first-order chi connectivity index (χ1) is 9.12. The molecular weight excluding hydrogens is 284 g/mol. The van der Waals surface area contributed by atoms with Crippen LogP contribution in [0.4, 0.5) is 0 Å². The maximum Gasteiger partial charge on any atom is 0.326 e. The number of hydrogen-bond donors (Lipinski definition) is 2. The summed E-state index contributed by atoms with van der Waals surface area (Å²) in [5, 5.41) is 11.6. The van der Waals surface area contributed by atoms with Crippen molar-refractivity contribution in [3.63, 3.8) is 0 Å². The quantitative estimate of drug-likeness (QED) is 0.737. The van der Waals surface area contributed by atoms with Gasteiger partial charge in [0.1, 0.15) is 6.04 Å². The van der Waals surface area contributed by atoms with Crippen LogP contribution in [0.5, 0.6) is 0 Å². The van der Waals surface area contributed by atoms with Gasteiger partial charge in [0.25, 0.3) is 0 Å². The summed E-state index contributed by atoms with van der Waals surface area (Å²) in [6.07, 6.45) is 1.99. The third-order valence-electron chi connectivity index (χ3n) is 3.52. The first-order valence-corrected chi connectivity index (χ1v) is 8.46. The van der Waals surface area contributed by atoms with E-state index in [2.05, 4.69) is 5.32 Å². The summed E-state index contributed by atoms with van der Waals surface area (Å²) in [5.74, 6) is -1.89. The van der Waals surface area contributed by atoms with E-state index in [0.717, 1.165) is 6.26 Å². The second-order valence-corrected chi connectivity index (χ2v) is 7.49. The fourth-order valence-corrected chi connectivity index (χ4v) is 3.11. The molecule has 0 bridgehead atoms. The molecule has 0 saturated carbocycles. The average Bonchev–Trinajstić information content (AvgIpc) is 2.34. The Labute approximate surface area is 119 Å². The lowest BCUT2D eigenvalue weighted by Gasteiger charge is -2.30. The molecule has 0 aromatic carbocycles. The predicted octanol–water partition coefficient (Wildman–Crippen LogP) is -0.117. The number of piperidine rings is 1. The molecule has 0 spiro atoms. The molecule has 1 rings (SSSR count). The van der Waals surface area contributed by atoms with E-state index in [1.807, 2.05) is 0 Å². The third-order valence-corrected chi connectivity index (χ3v) is 4.83.